The maximum atomic E-state index is 12.3. The van der Waals surface area contributed by atoms with Gasteiger partial charge in [-0.15, -0.1) is 0 Å². The van der Waals surface area contributed by atoms with Crippen molar-refractivity contribution >= 4 is 23.3 Å². The van der Waals surface area contributed by atoms with Crippen LogP contribution in [0.3, 0.4) is 0 Å². The van der Waals surface area contributed by atoms with Gasteiger partial charge in [-0.2, -0.15) is 0 Å². The van der Waals surface area contributed by atoms with Gasteiger partial charge in [0.2, 0.25) is 0 Å². The molecule has 21 heavy (non-hydrogen) atoms. The summed E-state index contributed by atoms with van der Waals surface area (Å²) in [5.41, 5.74) is 2.75. The minimum absolute atomic E-state index is 0.195. The second-order valence-corrected chi connectivity index (χ2v) is 4.58. The Hall–Kier alpha value is -2.82. The van der Waals surface area contributed by atoms with Gasteiger partial charge in [-0.3, -0.25) is 4.79 Å². The van der Waals surface area contributed by atoms with Crippen LogP contribution in [0.2, 0.25) is 0 Å². The Balaban J connectivity index is 2.26. The largest absolute Gasteiger partial charge is 0.478 e. The molecule has 2 rings (SSSR count). The number of carboxylic acid groups (broad SMARTS) is 1. The zero-order valence-corrected chi connectivity index (χ0v) is 11.8. The predicted octanol–water partition coefficient (Wildman–Crippen LogP) is 2.99. The molecule has 0 atom stereocenters. The van der Waals surface area contributed by atoms with Crippen LogP contribution in [0, 0.1) is 6.92 Å². The second-order valence-electron chi connectivity index (χ2n) is 4.58. The second kappa shape index (κ2) is 6.09. The van der Waals surface area contributed by atoms with E-state index in [2.05, 4.69) is 10.6 Å². The summed E-state index contributed by atoms with van der Waals surface area (Å²) in [5.74, 6) is -1.23. The molecular formula is C16H16N2O3. The topological polar surface area (TPSA) is 78.4 Å². The molecule has 0 aromatic heterocycles. The van der Waals surface area contributed by atoms with Crippen molar-refractivity contribution in [1.82, 2.24) is 0 Å². The van der Waals surface area contributed by atoms with Gasteiger partial charge in [-0.25, -0.2) is 4.79 Å². The van der Waals surface area contributed by atoms with Crippen LogP contribution in [-0.4, -0.2) is 24.0 Å². The van der Waals surface area contributed by atoms with Gasteiger partial charge in [0.25, 0.3) is 5.91 Å². The van der Waals surface area contributed by atoms with Crippen LogP contribution < -0.4 is 10.6 Å². The lowest BCUT2D eigenvalue weighted by molar-refractivity contribution is 0.0696. The molecule has 0 aliphatic heterocycles. The van der Waals surface area contributed by atoms with Crippen molar-refractivity contribution in [2.45, 2.75) is 6.92 Å². The number of carbonyl (C=O) groups is 2. The summed E-state index contributed by atoms with van der Waals surface area (Å²) in [6, 6.07) is 11.8. The van der Waals surface area contributed by atoms with Gasteiger partial charge >= 0.3 is 5.97 Å². The van der Waals surface area contributed by atoms with E-state index in [0.29, 0.717) is 16.8 Å². The van der Waals surface area contributed by atoms with E-state index in [0.717, 1.165) is 5.69 Å². The summed E-state index contributed by atoms with van der Waals surface area (Å²) in [5, 5.41) is 14.7. The van der Waals surface area contributed by atoms with Crippen molar-refractivity contribution < 1.29 is 14.7 Å². The molecule has 0 radical (unpaired) electrons. The molecule has 5 heteroatoms. The number of aryl methyl sites for hydroxylation is 1. The Labute approximate surface area is 122 Å². The zero-order chi connectivity index (χ0) is 15.4. The number of nitrogens with one attached hydrogen (secondary N) is 2. The third-order valence-electron chi connectivity index (χ3n) is 3.16. The van der Waals surface area contributed by atoms with Gasteiger partial charge in [0.15, 0.2) is 0 Å². The smallest absolute Gasteiger partial charge is 0.335 e. The molecule has 3 N–H and O–H groups in total. The molecule has 5 nitrogen and oxygen atoms in total. The van der Waals surface area contributed by atoms with E-state index >= 15 is 0 Å². The molecule has 0 aliphatic rings. The van der Waals surface area contributed by atoms with Crippen LogP contribution >= 0.6 is 0 Å². The number of carbonyl (C=O) groups excluding carboxylic acids is 1. The first kappa shape index (κ1) is 14.6. The first-order valence-corrected chi connectivity index (χ1v) is 6.45. The quantitative estimate of drug-likeness (QED) is 0.806. The summed E-state index contributed by atoms with van der Waals surface area (Å²) in [6.07, 6.45) is 0. The fraction of sp³-hybridized carbons (Fsp3) is 0.125. The molecule has 2 aromatic carbocycles. The van der Waals surface area contributed by atoms with Crippen LogP contribution in [0.4, 0.5) is 11.4 Å². The molecule has 0 heterocycles. The molecule has 0 spiro atoms. The van der Waals surface area contributed by atoms with E-state index < -0.39 is 5.97 Å². The highest BCUT2D eigenvalue weighted by Crippen LogP contribution is 2.20. The monoisotopic (exact) mass is 284 g/mol. The third-order valence-corrected chi connectivity index (χ3v) is 3.16. The fourth-order valence-corrected chi connectivity index (χ4v) is 2.03. The number of benzene rings is 2. The molecular weight excluding hydrogens is 268 g/mol. The Morgan fingerprint density at radius 3 is 2.38 bits per heavy atom. The van der Waals surface area contributed by atoms with Gasteiger partial charge in [0.1, 0.15) is 0 Å². The first-order valence-electron chi connectivity index (χ1n) is 6.45. The summed E-state index contributed by atoms with van der Waals surface area (Å²) >= 11 is 0. The van der Waals surface area contributed by atoms with Crippen LogP contribution in [0.1, 0.15) is 26.3 Å². The van der Waals surface area contributed by atoms with Gasteiger partial charge in [0.05, 0.1) is 11.1 Å². The van der Waals surface area contributed by atoms with Crippen molar-refractivity contribution in [2.75, 3.05) is 17.7 Å². The number of carboxylic acids is 1. The molecule has 0 unspecified atom stereocenters. The normalized spacial score (nSPS) is 10.0. The Morgan fingerprint density at radius 1 is 1.05 bits per heavy atom. The van der Waals surface area contributed by atoms with Crippen LogP contribution in [0.5, 0.6) is 0 Å². The molecule has 108 valence electrons. The molecule has 1 amide bonds. The van der Waals surface area contributed by atoms with E-state index in [1.54, 1.807) is 32.2 Å². The number of aromatic carboxylic acids is 1. The van der Waals surface area contributed by atoms with Gasteiger partial charge in [-0.1, -0.05) is 12.1 Å². The Morgan fingerprint density at radius 2 is 1.76 bits per heavy atom. The number of hydrogen-bond donors (Lipinski definition) is 3. The lowest BCUT2D eigenvalue weighted by Gasteiger charge is -2.11. The summed E-state index contributed by atoms with van der Waals surface area (Å²) in [4.78, 5) is 23.2. The molecule has 0 aliphatic carbocycles. The average molecular weight is 284 g/mol. The average Bonchev–Trinajstić information content (AvgIpc) is 2.48. The highest BCUT2D eigenvalue weighted by molar-refractivity contribution is 6.08. The maximum absolute atomic E-state index is 12.3. The number of para-hydroxylation sites is 1. The van der Waals surface area contributed by atoms with E-state index in [1.165, 1.54) is 12.1 Å². The zero-order valence-electron chi connectivity index (χ0n) is 11.8. The minimum Gasteiger partial charge on any atom is -0.478 e. The number of rotatable bonds is 4. The first-order chi connectivity index (χ1) is 10.0. The van der Waals surface area contributed by atoms with E-state index in [4.69, 9.17) is 5.11 Å². The van der Waals surface area contributed by atoms with E-state index in [-0.39, 0.29) is 11.5 Å². The van der Waals surface area contributed by atoms with Crippen LogP contribution in [0.25, 0.3) is 0 Å². The lowest BCUT2D eigenvalue weighted by atomic mass is 10.1. The maximum Gasteiger partial charge on any atom is 0.335 e. The molecule has 2 aromatic rings. The van der Waals surface area contributed by atoms with Crippen LogP contribution in [0.15, 0.2) is 42.5 Å². The fourth-order valence-electron chi connectivity index (χ4n) is 2.03. The minimum atomic E-state index is -0.989. The van der Waals surface area contributed by atoms with Crippen molar-refractivity contribution in [3.63, 3.8) is 0 Å². The number of anilines is 2. The molecule has 0 saturated heterocycles. The third kappa shape index (κ3) is 3.20. The lowest BCUT2D eigenvalue weighted by Crippen LogP contribution is -2.15. The number of hydrogen-bond acceptors (Lipinski definition) is 3. The van der Waals surface area contributed by atoms with Gasteiger partial charge < -0.3 is 15.7 Å². The summed E-state index contributed by atoms with van der Waals surface area (Å²) in [6.45, 7) is 1.76. The van der Waals surface area contributed by atoms with Crippen LogP contribution in [-0.2, 0) is 0 Å². The number of amides is 1. The van der Waals surface area contributed by atoms with Crippen molar-refractivity contribution in [3.8, 4) is 0 Å². The molecule has 0 bridgehead atoms. The SMILES string of the molecule is CNc1ccccc1C(=O)Nc1ccc(C(=O)O)cc1C. The highest BCUT2D eigenvalue weighted by Gasteiger charge is 2.12. The van der Waals surface area contributed by atoms with Crippen molar-refractivity contribution in [1.29, 1.82) is 0 Å². The van der Waals surface area contributed by atoms with Gasteiger partial charge in [0, 0.05) is 18.4 Å². The predicted molar refractivity (Wildman–Crippen MR) is 82.1 cm³/mol. The molecule has 0 saturated carbocycles. The highest BCUT2D eigenvalue weighted by atomic mass is 16.4. The summed E-state index contributed by atoms with van der Waals surface area (Å²) < 4.78 is 0. The Bertz CT molecular complexity index is 696. The Kier molecular flexibility index (Phi) is 4.23. The standard InChI is InChI=1S/C16H16N2O3/c1-10-9-11(16(20)21)7-8-13(10)18-15(19)12-5-3-4-6-14(12)17-2/h3-9,17H,1-2H3,(H,18,19)(H,20,21). The van der Waals surface area contributed by atoms with E-state index in [1.807, 2.05) is 12.1 Å². The van der Waals surface area contributed by atoms with E-state index in [9.17, 15) is 9.59 Å². The molecule has 0 fully saturated rings. The summed E-state index contributed by atoms with van der Waals surface area (Å²) in [7, 11) is 1.75. The van der Waals surface area contributed by atoms with Gasteiger partial charge in [-0.05, 0) is 42.8 Å². The van der Waals surface area contributed by atoms with Crippen molar-refractivity contribution in [2.24, 2.45) is 0 Å². The van der Waals surface area contributed by atoms with Crippen molar-refractivity contribution in [3.05, 3.63) is 59.2 Å².